The molecular formula is C20H20N2O4S2. The average molecular weight is 417 g/mol. The highest BCUT2D eigenvalue weighted by Crippen LogP contribution is 2.39. The van der Waals surface area contributed by atoms with Crippen molar-refractivity contribution >= 4 is 59.9 Å². The molecule has 2 atom stereocenters. The van der Waals surface area contributed by atoms with Crippen LogP contribution in [-0.2, 0) is 14.3 Å². The van der Waals surface area contributed by atoms with E-state index in [9.17, 15) is 14.4 Å². The summed E-state index contributed by atoms with van der Waals surface area (Å²) in [6.07, 6.45) is 0.498. The number of esters is 1. The first-order valence-corrected chi connectivity index (χ1v) is 10.8. The molecule has 2 aromatic heterocycles. The Labute approximate surface area is 169 Å². The van der Waals surface area contributed by atoms with Gasteiger partial charge in [0.05, 0.1) is 10.6 Å². The molecule has 1 aromatic carbocycles. The van der Waals surface area contributed by atoms with Gasteiger partial charge in [-0.3, -0.25) is 9.59 Å². The number of fused-ring (bicyclic) bond motifs is 3. The van der Waals surface area contributed by atoms with Gasteiger partial charge in [-0.2, -0.15) is 0 Å². The maximum atomic E-state index is 12.6. The van der Waals surface area contributed by atoms with Crippen LogP contribution in [0.3, 0.4) is 0 Å². The number of benzene rings is 1. The molecule has 1 aliphatic heterocycles. The SMILES string of the molecule is C[C@@H](OC(=O)c1cc2sc3ccccc3c2s1)C(=O)N1CCC[C@@H](C(N)=O)C1. The number of primary amides is 1. The molecule has 0 bridgehead atoms. The first kappa shape index (κ1) is 18.9. The molecule has 1 fully saturated rings. The van der Waals surface area contributed by atoms with E-state index >= 15 is 0 Å². The molecule has 0 saturated carbocycles. The first-order chi connectivity index (χ1) is 13.4. The van der Waals surface area contributed by atoms with E-state index in [-0.39, 0.29) is 18.4 Å². The highest BCUT2D eigenvalue weighted by Gasteiger charge is 2.31. The first-order valence-electron chi connectivity index (χ1n) is 9.14. The maximum absolute atomic E-state index is 12.6. The van der Waals surface area contributed by atoms with Crippen molar-refractivity contribution in [3.63, 3.8) is 0 Å². The number of amides is 2. The van der Waals surface area contributed by atoms with Gasteiger partial charge in [-0.15, -0.1) is 22.7 Å². The summed E-state index contributed by atoms with van der Waals surface area (Å²) in [6, 6.07) is 9.90. The fraction of sp³-hybridized carbons (Fsp3) is 0.350. The van der Waals surface area contributed by atoms with E-state index < -0.39 is 18.0 Å². The molecule has 2 amide bonds. The Morgan fingerprint density at radius 1 is 1.21 bits per heavy atom. The second-order valence-corrected chi connectivity index (χ2v) is 9.11. The highest BCUT2D eigenvalue weighted by molar-refractivity contribution is 7.33. The highest BCUT2D eigenvalue weighted by atomic mass is 32.1. The number of piperidine rings is 1. The zero-order valence-corrected chi connectivity index (χ0v) is 17.0. The summed E-state index contributed by atoms with van der Waals surface area (Å²) in [7, 11) is 0. The van der Waals surface area contributed by atoms with E-state index in [0.29, 0.717) is 24.3 Å². The molecule has 6 nitrogen and oxygen atoms in total. The standard InChI is InChI=1S/C20H20N2O4S2/c1-11(19(24)22-8-4-5-12(10-22)18(21)23)26-20(25)16-9-15-17(28-16)13-6-2-3-7-14(13)27-15/h2-3,6-7,9,11-12H,4-5,8,10H2,1H3,(H2,21,23)/t11-,12-/m1/s1. The molecule has 4 rings (SSSR count). The summed E-state index contributed by atoms with van der Waals surface area (Å²) in [5, 5.41) is 1.13. The van der Waals surface area contributed by atoms with Crippen molar-refractivity contribution in [2.24, 2.45) is 11.7 Å². The van der Waals surface area contributed by atoms with Crippen LogP contribution in [-0.4, -0.2) is 41.9 Å². The number of likely N-dealkylation sites (tertiary alicyclic amines) is 1. The molecule has 146 valence electrons. The van der Waals surface area contributed by atoms with Crippen molar-refractivity contribution in [1.29, 1.82) is 0 Å². The molecule has 0 aliphatic carbocycles. The van der Waals surface area contributed by atoms with Gasteiger partial charge in [0, 0.05) is 27.9 Å². The fourth-order valence-electron chi connectivity index (χ4n) is 3.54. The quantitative estimate of drug-likeness (QED) is 0.660. The van der Waals surface area contributed by atoms with Crippen molar-refractivity contribution < 1.29 is 19.1 Å². The van der Waals surface area contributed by atoms with Gasteiger partial charge in [-0.1, -0.05) is 18.2 Å². The molecule has 3 aromatic rings. The van der Waals surface area contributed by atoms with E-state index in [1.807, 2.05) is 24.3 Å². The number of hydrogen-bond acceptors (Lipinski definition) is 6. The third kappa shape index (κ3) is 3.49. The topological polar surface area (TPSA) is 89.7 Å². The molecule has 2 N–H and O–H groups in total. The van der Waals surface area contributed by atoms with E-state index in [1.165, 1.54) is 16.0 Å². The Morgan fingerprint density at radius 3 is 2.79 bits per heavy atom. The number of thiophene rings is 2. The van der Waals surface area contributed by atoms with Crippen molar-refractivity contribution in [2.45, 2.75) is 25.9 Å². The number of nitrogens with zero attached hydrogens (tertiary/aromatic N) is 1. The van der Waals surface area contributed by atoms with Crippen LogP contribution in [0, 0.1) is 5.92 Å². The van der Waals surface area contributed by atoms with Crippen LogP contribution in [0.15, 0.2) is 30.3 Å². The van der Waals surface area contributed by atoms with Crippen LogP contribution in [0.1, 0.15) is 29.4 Å². The molecule has 8 heteroatoms. The van der Waals surface area contributed by atoms with Crippen LogP contribution < -0.4 is 5.73 Å². The Morgan fingerprint density at radius 2 is 2.00 bits per heavy atom. The molecule has 1 saturated heterocycles. The molecule has 0 radical (unpaired) electrons. The van der Waals surface area contributed by atoms with Gasteiger partial charge in [0.2, 0.25) is 5.91 Å². The minimum atomic E-state index is -0.906. The smallest absolute Gasteiger partial charge is 0.349 e. The Balaban J connectivity index is 1.46. The number of hydrogen-bond donors (Lipinski definition) is 1. The minimum Gasteiger partial charge on any atom is -0.448 e. The van der Waals surface area contributed by atoms with Crippen LogP contribution >= 0.6 is 22.7 Å². The van der Waals surface area contributed by atoms with Gasteiger partial charge in [-0.05, 0) is 31.9 Å². The van der Waals surface area contributed by atoms with Crippen LogP contribution in [0.4, 0.5) is 0 Å². The van der Waals surface area contributed by atoms with Gasteiger partial charge in [0.15, 0.2) is 6.10 Å². The zero-order chi connectivity index (χ0) is 19.8. The largest absolute Gasteiger partial charge is 0.448 e. The van der Waals surface area contributed by atoms with Gasteiger partial charge >= 0.3 is 5.97 Å². The van der Waals surface area contributed by atoms with Gasteiger partial charge in [-0.25, -0.2) is 4.79 Å². The Bertz CT molecular complexity index is 1070. The molecule has 0 unspecified atom stereocenters. The Hall–Kier alpha value is -2.45. The lowest BCUT2D eigenvalue weighted by atomic mass is 9.97. The van der Waals surface area contributed by atoms with Crippen molar-refractivity contribution in [1.82, 2.24) is 4.90 Å². The monoisotopic (exact) mass is 416 g/mol. The number of nitrogens with two attached hydrogens (primary N) is 1. The van der Waals surface area contributed by atoms with E-state index in [1.54, 1.807) is 23.2 Å². The lowest BCUT2D eigenvalue weighted by Crippen LogP contribution is -2.48. The maximum Gasteiger partial charge on any atom is 0.349 e. The fourth-order valence-corrected chi connectivity index (χ4v) is 5.94. The number of carbonyl (C=O) groups excluding carboxylic acids is 3. The van der Waals surface area contributed by atoms with Gasteiger partial charge in [0.25, 0.3) is 5.91 Å². The summed E-state index contributed by atoms with van der Waals surface area (Å²) in [6.45, 7) is 2.40. The summed E-state index contributed by atoms with van der Waals surface area (Å²) in [5.74, 6) is -1.52. The van der Waals surface area contributed by atoms with E-state index in [0.717, 1.165) is 14.8 Å². The predicted molar refractivity (Wildman–Crippen MR) is 111 cm³/mol. The molecule has 3 heterocycles. The normalized spacial score (nSPS) is 18.3. The third-order valence-corrected chi connectivity index (χ3v) is 7.41. The predicted octanol–water partition coefficient (Wildman–Crippen LogP) is 3.39. The Kier molecular flexibility index (Phi) is 5.07. The number of carbonyl (C=O) groups is 3. The summed E-state index contributed by atoms with van der Waals surface area (Å²) < 4.78 is 8.71. The van der Waals surface area contributed by atoms with Gasteiger partial charge in [0.1, 0.15) is 4.88 Å². The third-order valence-electron chi connectivity index (χ3n) is 5.02. The number of rotatable bonds is 4. The van der Waals surface area contributed by atoms with Crippen LogP contribution in [0.2, 0.25) is 0 Å². The molecule has 1 aliphatic rings. The minimum absolute atomic E-state index is 0.288. The van der Waals surface area contributed by atoms with Crippen molar-refractivity contribution in [2.75, 3.05) is 13.1 Å². The second-order valence-electron chi connectivity index (χ2n) is 6.98. The lowest BCUT2D eigenvalue weighted by molar-refractivity contribution is -0.142. The molecular weight excluding hydrogens is 396 g/mol. The number of ether oxygens (including phenoxy) is 1. The average Bonchev–Trinajstić information content (AvgIpc) is 3.25. The van der Waals surface area contributed by atoms with Crippen LogP contribution in [0.25, 0.3) is 19.5 Å². The lowest BCUT2D eigenvalue weighted by Gasteiger charge is -2.32. The van der Waals surface area contributed by atoms with Crippen molar-refractivity contribution in [3.8, 4) is 0 Å². The van der Waals surface area contributed by atoms with E-state index in [2.05, 4.69) is 6.07 Å². The molecule has 0 spiro atoms. The summed E-state index contributed by atoms with van der Waals surface area (Å²) in [4.78, 5) is 38.7. The van der Waals surface area contributed by atoms with Crippen molar-refractivity contribution in [3.05, 3.63) is 35.2 Å². The van der Waals surface area contributed by atoms with Gasteiger partial charge < -0.3 is 15.4 Å². The molecule has 28 heavy (non-hydrogen) atoms. The summed E-state index contributed by atoms with van der Waals surface area (Å²) >= 11 is 3.02. The second kappa shape index (κ2) is 7.52. The van der Waals surface area contributed by atoms with E-state index in [4.69, 9.17) is 10.5 Å². The summed E-state index contributed by atoms with van der Waals surface area (Å²) in [5.41, 5.74) is 5.37. The van der Waals surface area contributed by atoms with Crippen LogP contribution in [0.5, 0.6) is 0 Å². The zero-order valence-electron chi connectivity index (χ0n) is 15.3.